The fraction of sp³-hybridized carbons (Fsp3) is 0.296. The molecule has 0 spiro atoms. The van der Waals surface area contributed by atoms with Gasteiger partial charge >= 0.3 is 0 Å². The fourth-order valence-corrected chi connectivity index (χ4v) is 3.92. The van der Waals surface area contributed by atoms with Gasteiger partial charge in [0, 0.05) is 17.6 Å². The number of carbonyl (C=O) groups is 2. The topological polar surface area (TPSA) is 137 Å². The molecule has 4 N–H and O–H groups in total. The Balaban J connectivity index is 1.46. The number of hydrogen-bond acceptors (Lipinski definition) is 7. The van der Waals surface area contributed by atoms with E-state index in [4.69, 9.17) is 10.5 Å². The molecule has 0 aliphatic carbocycles. The van der Waals surface area contributed by atoms with Gasteiger partial charge in [-0.1, -0.05) is 51.1 Å². The number of aromatic nitrogens is 4. The molecule has 10 nitrogen and oxygen atoms in total. The van der Waals surface area contributed by atoms with Gasteiger partial charge in [-0.25, -0.2) is 9.37 Å². The summed E-state index contributed by atoms with van der Waals surface area (Å²) in [5, 5.41) is 10.9. The van der Waals surface area contributed by atoms with Crippen molar-refractivity contribution in [3.63, 3.8) is 0 Å². The van der Waals surface area contributed by atoms with Gasteiger partial charge in [0.05, 0.1) is 18.6 Å². The number of nitrogens with zero attached hydrogens (tertiary/aromatic N) is 4. The van der Waals surface area contributed by atoms with Crippen LogP contribution >= 0.6 is 0 Å². The van der Waals surface area contributed by atoms with E-state index < -0.39 is 17.4 Å². The highest BCUT2D eigenvalue weighted by molar-refractivity contribution is 6.06. The predicted octanol–water partition coefficient (Wildman–Crippen LogP) is 2.94. The first kappa shape index (κ1) is 26.5. The van der Waals surface area contributed by atoms with Crippen LogP contribution in [0.3, 0.4) is 0 Å². The molecule has 11 heteroatoms. The van der Waals surface area contributed by atoms with Gasteiger partial charge in [0.2, 0.25) is 17.7 Å². The number of rotatable bonds is 9. The number of carbonyl (C=O) groups excluding carboxylic acids is 2. The molecule has 198 valence electrons. The highest BCUT2D eigenvalue weighted by Gasteiger charge is 2.34. The van der Waals surface area contributed by atoms with Crippen LogP contribution in [-0.4, -0.2) is 50.8 Å². The van der Waals surface area contributed by atoms with E-state index >= 15 is 0 Å². The molecule has 2 heterocycles. The third-order valence-electron chi connectivity index (χ3n) is 5.82. The van der Waals surface area contributed by atoms with E-state index in [2.05, 4.69) is 25.7 Å². The van der Waals surface area contributed by atoms with Crippen molar-refractivity contribution in [1.29, 1.82) is 0 Å². The number of ether oxygens (including phenoxy) is 1. The highest BCUT2D eigenvalue weighted by Crippen LogP contribution is 2.23. The summed E-state index contributed by atoms with van der Waals surface area (Å²) in [6.07, 6.45) is 1.48. The Hall–Kier alpha value is -4.54. The number of hydrogen-bond donors (Lipinski definition) is 3. The Morgan fingerprint density at radius 2 is 1.84 bits per heavy atom. The summed E-state index contributed by atoms with van der Waals surface area (Å²) in [5.41, 5.74) is 6.74. The second-order valence-corrected chi connectivity index (χ2v) is 9.81. The molecular weight excluding hydrogens is 489 g/mol. The lowest BCUT2D eigenvalue weighted by Crippen LogP contribution is -2.54. The SMILES string of the molecule is CC(C)(C)[C@H](NC(=O)c1nn(Cc2ccc(F)cc2)c2ccccc12)C(=O)NCCOc1ccnc(N)n1. The van der Waals surface area contributed by atoms with E-state index in [1.165, 1.54) is 18.3 Å². The van der Waals surface area contributed by atoms with Gasteiger partial charge in [0.25, 0.3) is 5.91 Å². The second-order valence-electron chi connectivity index (χ2n) is 9.81. The Morgan fingerprint density at radius 3 is 2.55 bits per heavy atom. The molecule has 0 radical (unpaired) electrons. The Kier molecular flexibility index (Phi) is 7.85. The molecule has 38 heavy (non-hydrogen) atoms. The average molecular weight is 520 g/mol. The molecule has 0 fully saturated rings. The van der Waals surface area contributed by atoms with Gasteiger partial charge < -0.3 is 21.1 Å². The molecule has 2 aromatic heterocycles. The number of benzene rings is 2. The maximum Gasteiger partial charge on any atom is 0.273 e. The van der Waals surface area contributed by atoms with Crippen LogP contribution in [0.5, 0.6) is 5.88 Å². The summed E-state index contributed by atoms with van der Waals surface area (Å²) in [7, 11) is 0. The van der Waals surface area contributed by atoms with Crippen LogP contribution in [0, 0.1) is 11.2 Å². The van der Waals surface area contributed by atoms with Crippen molar-refractivity contribution in [3.05, 3.63) is 77.9 Å². The molecule has 0 unspecified atom stereocenters. The van der Waals surface area contributed by atoms with Crippen molar-refractivity contribution in [2.24, 2.45) is 5.41 Å². The van der Waals surface area contributed by atoms with Crippen LogP contribution in [-0.2, 0) is 11.3 Å². The first-order chi connectivity index (χ1) is 18.1. The summed E-state index contributed by atoms with van der Waals surface area (Å²) in [6, 6.07) is 14.2. The predicted molar refractivity (Wildman–Crippen MR) is 141 cm³/mol. The fourth-order valence-electron chi connectivity index (χ4n) is 3.92. The van der Waals surface area contributed by atoms with Crippen LogP contribution < -0.4 is 21.1 Å². The number of para-hydroxylation sites is 1. The zero-order valence-corrected chi connectivity index (χ0v) is 21.4. The number of nitrogen functional groups attached to an aromatic ring is 1. The molecule has 4 rings (SSSR count). The number of amides is 2. The minimum Gasteiger partial charge on any atom is -0.476 e. The number of halogens is 1. The number of fused-ring (bicyclic) bond motifs is 1. The van der Waals surface area contributed by atoms with Gasteiger partial charge in [-0.05, 0) is 29.2 Å². The zero-order chi connectivity index (χ0) is 27.3. The van der Waals surface area contributed by atoms with Crippen LogP contribution in [0.2, 0.25) is 0 Å². The van der Waals surface area contributed by atoms with E-state index in [1.54, 1.807) is 22.9 Å². The molecule has 4 aromatic rings. The molecule has 0 saturated heterocycles. The molecule has 2 aromatic carbocycles. The van der Waals surface area contributed by atoms with Crippen LogP contribution in [0.4, 0.5) is 10.3 Å². The Labute approximate surface area is 219 Å². The maximum absolute atomic E-state index is 13.4. The van der Waals surface area contributed by atoms with Gasteiger partial charge in [0.1, 0.15) is 18.5 Å². The van der Waals surface area contributed by atoms with Gasteiger partial charge in [-0.15, -0.1) is 0 Å². The van der Waals surface area contributed by atoms with Crippen molar-refractivity contribution >= 4 is 28.7 Å². The standard InChI is InChI=1S/C27H30FN7O3/c1-27(2,3)23(25(37)30-14-15-38-21-12-13-31-26(29)32-21)33-24(36)22-19-6-4-5-7-20(19)35(34-22)16-17-8-10-18(28)11-9-17/h4-13,23H,14-16H2,1-3H3,(H,30,37)(H,33,36)(H2,29,31,32)/t23-/m1/s1. The molecule has 0 bridgehead atoms. The van der Waals surface area contributed by atoms with E-state index in [1.807, 2.05) is 45.0 Å². The minimum atomic E-state index is -0.842. The van der Waals surface area contributed by atoms with Crippen molar-refractivity contribution in [2.45, 2.75) is 33.4 Å². The highest BCUT2D eigenvalue weighted by atomic mass is 19.1. The first-order valence-corrected chi connectivity index (χ1v) is 12.1. The van der Waals surface area contributed by atoms with Crippen molar-refractivity contribution in [1.82, 2.24) is 30.4 Å². The van der Waals surface area contributed by atoms with Crippen LogP contribution in [0.25, 0.3) is 10.9 Å². The third-order valence-corrected chi connectivity index (χ3v) is 5.82. The first-order valence-electron chi connectivity index (χ1n) is 12.1. The maximum atomic E-state index is 13.4. The molecule has 0 aliphatic heterocycles. The Morgan fingerprint density at radius 1 is 1.11 bits per heavy atom. The van der Waals surface area contributed by atoms with E-state index in [9.17, 15) is 14.0 Å². The third kappa shape index (κ3) is 6.41. The molecule has 1 atom stereocenters. The van der Waals surface area contributed by atoms with E-state index in [-0.39, 0.29) is 36.5 Å². The monoisotopic (exact) mass is 519 g/mol. The molecule has 0 saturated carbocycles. The largest absolute Gasteiger partial charge is 0.476 e. The number of anilines is 1. The van der Waals surface area contributed by atoms with Gasteiger partial charge in [-0.3, -0.25) is 14.3 Å². The smallest absolute Gasteiger partial charge is 0.273 e. The van der Waals surface area contributed by atoms with Gasteiger partial charge in [0.15, 0.2) is 5.69 Å². The molecule has 0 aliphatic rings. The lowest BCUT2D eigenvalue weighted by molar-refractivity contribution is -0.125. The van der Waals surface area contributed by atoms with E-state index in [0.29, 0.717) is 17.8 Å². The molecule has 2 amide bonds. The quantitative estimate of drug-likeness (QED) is 0.289. The second kappa shape index (κ2) is 11.2. The Bertz CT molecular complexity index is 1430. The lowest BCUT2D eigenvalue weighted by Gasteiger charge is -2.30. The summed E-state index contributed by atoms with van der Waals surface area (Å²) in [6.45, 7) is 6.30. The van der Waals surface area contributed by atoms with E-state index in [0.717, 1.165) is 11.1 Å². The van der Waals surface area contributed by atoms with Crippen LogP contribution in [0.1, 0.15) is 36.8 Å². The van der Waals surface area contributed by atoms with Crippen molar-refractivity contribution < 1.29 is 18.7 Å². The van der Waals surface area contributed by atoms with Crippen LogP contribution in [0.15, 0.2) is 60.8 Å². The van der Waals surface area contributed by atoms with Crippen molar-refractivity contribution in [3.8, 4) is 5.88 Å². The normalized spacial score (nSPS) is 12.2. The number of nitrogens with one attached hydrogen (secondary N) is 2. The zero-order valence-electron chi connectivity index (χ0n) is 21.4. The summed E-state index contributed by atoms with van der Waals surface area (Å²) < 4.78 is 20.5. The number of nitrogens with two attached hydrogens (primary N) is 1. The molecular formula is C27H30FN7O3. The van der Waals surface area contributed by atoms with Crippen molar-refractivity contribution in [2.75, 3.05) is 18.9 Å². The lowest BCUT2D eigenvalue weighted by atomic mass is 9.86. The summed E-state index contributed by atoms with van der Waals surface area (Å²) in [5.74, 6) is -0.755. The summed E-state index contributed by atoms with van der Waals surface area (Å²) in [4.78, 5) is 34.2. The summed E-state index contributed by atoms with van der Waals surface area (Å²) >= 11 is 0. The average Bonchev–Trinajstić information content (AvgIpc) is 3.24. The van der Waals surface area contributed by atoms with Gasteiger partial charge in [-0.2, -0.15) is 10.1 Å². The minimum absolute atomic E-state index is 0.0923.